The van der Waals surface area contributed by atoms with Crippen molar-refractivity contribution in [2.24, 2.45) is 0 Å². The largest absolute Gasteiger partial charge is 0.364 e. The van der Waals surface area contributed by atoms with Gasteiger partial charge in [0.05, 0.1) is 6.20 Å². The molecule has 0 aliphatic heterocycles. The number of imidazole rings is 1. The van der Waals surface area contributed by atoms with Gasteiger partial charge in [-0.3, -0.25) is 5.01 Å². The maximum Gasteiger partial charge on any atom is 0.153 e. The second kappa shape index (κ2) is 5.58. The van der Waals surface area contributed by atoms with Crippen molar-refractivity contribution in [3.05, 3.63) is 43.5 Å². The molecule has 0 unspecified atom stereocenters. The molecule has 0 bridgehead atoms. The minimum Gasteiger partial charge on any atom is -0.364 e. The highest BCUT2D eigenvalue weighted by atomic mass is 15.6. The van der Waals surface area contributed by atoms with Crippen molar-refractivity contribution in [3.8, 4) is 0 Å². The van der Waals surface area contributed by atoms with E-state index in [0.29, 0.717) is 0 Å². The van der Waals surface area contributed by atoms with Crippen LogP contribution in [0.3, 0.4) is 0 Å². The quantitative estimate of drug-likeness (QED) is 0.811. The summed E-state index contributed by atoms with van der Waals surface area (Å²) in [5.41, 5.74) is -0.0286. The van der Waals surface area contributed by atoms with Gasteiger partial charge < -0.3 is 5.32 Å². The Labute approximate surface area is 109 Å². The monoisotopic (exact) mass is 246 g/mol. The summed E-state index contributed by atoms with van der Waals surface area (Å²) in [5.74, 6) is 1.71. The van der Waals surface area contributed by atoms with Crippen LogP contribution in [-0.4, -0.2) is 22.2 Å². The summed E-state index contributed by atoms with van der Waals surface area (Å²) in [5, 5.41) is 5.34. The highest BCUT2D eigenvalue weighted by Crippen LogP contribution is 2.17. The predicted octanol–water partition coefficient (Wildman–Crippen LogP) is 3.00. The van der Waals surface area contributed by atoms with E-state index in [4.69, 9.17) is 0 Å². The van der Waals surface area contributed by atoms with Crippen LogP contribution in [0.4, 0.5) is 5.82 Å². The molecule has 1 N–H and O–H groups in total. The van der Waals surface area contributed by atoms with Crippen molar-refractivity contribution in [2.45, 2.75) is 26.3 Å². The number of rotatable bonds is 5. The first-order valence-corrected chi connectivity index (χ1v) is 5.89. The number of hydrogen-bond acceptors (Lipinski definition) is 3. The fraction of sp³-hybridized carbons (Fsp3) is 0.357. The van der Waals surface area contributed by atoms with Crippen molar-refractivity contribution in [1.29, 1.82) is 0 Å². The Morgan fingerprint density at radius 2 is 2.06 bits per heavy atom. The Balaban J connectivity index is 3.13. The molecule has 1 aromatic heterocycles. The Morgan fingerprint density at radius 3 is 2.56 bits per heavy atom. The van der Waals surface area contributed by atoms with E-state index in [-0.39, 0.29) is 5.54 Å². The molecule has 1 rings (SSSR count). The molecule has 0 saturated heterocycles. The second-order valence-corrected chi connectivity index (χ2v) is 5.04. The maximum absolute atomic E-state index is 4.33. The lowest BCUT2D eigenvalue weighted by atomic mass is 10.1. The van der Waals surface area contributed by atoms with E-state index >= 15 is 0 Å². The molecule has 0 spiro atoms. The summed E-state index contributed by atoms with van der Waals surface area (Å²) in [6.07, 6.45) is 9.05. The van der Waals surface area contributed by atoms with Crippen molar-refractivity contribution in [1.82, 2.24) is 9.66 Å². The minimum atomic E-state index is -0.0286. The van der Waals surface area contributed by atoms with Crippen LogP contribution in [-0.2, 0) is 0 Å². The minimum absolute atomic E-state index is 0.0286. The number of hydrogen-bond donors (Lipinski definition) is 1. The number of aromatic nitrogens is 2. The van der Waals surface area contributed by atoms with Crippen molar-refractivity contribution in [3.63, 3.8) is 0 Å². The molecule has 1 heterocycles. The molecule has 0 amide bonds. The SMILES string of the molecule is C=C/C=C\N(C)n1c(NC(C)(C)C)cnc1C=C. The molecule has 98 valence electrons. The van der Waals surface area contributed by atoms with E-state index in [1.165, 1.54) is 0 Å². The fourth-order valence-electron chi connectivity index (χ4n) is 1.55. The second-order valence-electron chi connectivity index (χ2n) is 5.04. The van der Waals surface area contributed by atoms with Gasteiger partial charge >= 0.3 is 0 Å². The van der Waals surface area contributed by atoms with Crippen LogP contribution in [0, 0.1) is 0 Å². The van der Waals surface area contributed by atoms with Gasteiger partial charge in [0.25, 0.3) is 0 Å². The standard InChI is InChI=1S/C14H22N4/c1-7-9-10-17(6)18-12(8-2)15-11-13(18)16-14(3,4)5/h7-11,16H,1-2H2,3-6H3/b10-9-. The van der Waals surface area contributed by atoms with Crippen LogP contribution in [0.5, 0.6) is 0 Å². The summed E-state index contributed by atoms with van der Waals surface area (Å²) >= 11 is 0. The lowest BCUT2D eigenvalue weighted by Crippen LogP contribution is -2.32. The van der Waals surface area contributed by atoms with Gasteiger partial charge in [0.15, 0.2) is 5.82 Å². The van der Waals surface area contributed by atoms with E-state index in [1.807, 2.05) is 29.0 Å². The molecule has 0 radical (unpaired) electrons. The Kier molecular flexibility index (Phi) is 4.37. The Morgan fingerprint density at radius 1 is 1.39 bits per heavy atom. The molecule has 0 aliphatic rings. The van der Waals surface area contributed by atoms with Gasteiger partial charge in [-0.05, 0) is 32.9 Å². The summed E-state index contributed by atoms with van der Waals surface area (Å²) in [6, 6.07) is 0. The van der Waals surface area contributed by atoms with Gasteiger partial charge in [0, 0.05) is 18.8 Å². The van der Waals surface area contributed by atoms with Crippen LogP contribution < -0.4 is 10.3 Å². The molecule has 0 aromatic carbocycles. The molecule has 0 atom stereocenters. The normalized spacial score (nSPS) is 11.6. The third-order valence-electron chi connectivity index (χ3n) is 2.20. The van der Waals surface area contributed by atoms with Crippen molar-refractivity contribution < 1.29 is 0 Å². The summed E-state index contributed by atoms with van der Waals surface area (Å²) in [4.78, 5) is 4.33. The summed E-state index contributed by atoms with van der Waals surface area (Å²) < 4.78 is 1.96. The zero-order chi connectivity index (χ0) is 13.8. The molecule has 4 heteroatoms. The third kappa shape index (κ3) is 3.52. The van der Waals surface area contributed by atoms with E-state index in [2.05, 4.69) is 44.2 Å². The third-order valence-corrected chi connectivity index (χ3v) is 2.20. The van der Waals surface area contributed by atoms with Crippen LogP contribution in [0.15, 0.2) is 37.7 Å². The molecule has 0 aliphatic carbocycles. The van der Waals surface area contributed by atoms with Gasteiger partial charge in [0.1, 0.15) is 5.82 Å². The number of nitrogens with zero attached hydrogens (tertiary/aromatic N) is 3. The zero-order valence-electron chi connectivity index (χ0n) is 11.6. The van der Waals surface area contributed by atoms with Gasteiger partial charge in [0.2, 0.25) is 0 Å². The van der Waals surface area contributed by atoms with E-state index in [1.54, 1.807) is 18.3 Å². The topological polar surface area (TPSA) is 33.1 Å². The van der Waals surface area contributed by atoms with Gasteiger partial charge in [-0.15, -0.1) is 0 Å². The van der Waals surface area contributed by atoms with Crippen LogP contribution in [0.25, 0.3) is 6.08 Å². The molecule has 18 heavy (non-hydrogen) atoms. The number of anilines is 1. The summed E-state index contributed by atoms with van der Waals surface area (Å²) in [6.45, 7) is 13.8. The molecular formula is C14H22N4. The average Bonchev–Trinajstić information content (AvgIpc) is 2.66. The fourth-order valence-corrected chi connectivity index (χ4v) is 1.55. The molecular weight excluding hydrogens is 224 g/mol. The lowest BCUT2D eigenvalue weighted by molar-refractivity contribution is 0.618. The van der Waals surface area contributed by atoms with Gasteiger partial charge in [-0.25, -0.2) is 9.66 Å². The molecule has 0 fully saturated rings. The Hall–Kier alpha value is -1.97. The molecule has 4 nitrogen and oxygen atoms in total. The first kappa shape index (κ1) is 14.1. The highest BCUT2D eigenvalue weighted by molar-refractivity contribution is 5.48. The van der Waals surface area contributed by atoms with Gasteiger partial charge in [-0.1, -0.05) is 19.2 Å². The molecule has 1 aromatic rings. The number of nitrogens with one attached hydrogen (secondary N) is 1. The van der Waals surface area contributed by atoms with E-state index in [0.717, 1.165) is 11.6 Å². The van der Waals surface area contributed by atoms with E-state index in [9.17, 15) is 0 Å². The van der Waals surface area contributed by atoms with Crippen molar-refractivity contribution >= 4 is 11.9 Å². The maximum atomic E-state index is 4.33. The average molecular weight is 246 g/mol. The number of allylic oxidation sites excluding steroid dienone is 2. The van der Waals surface area contributed by atoms with E-state index < -0.39 is 0 Å². The first-order chi connectivity index (χ1) is 8.39. The summed E-state index contributed by atoms with van der Waals surface area (Å²) in [7, 11) is 1.95. The molecule has 0 saturated carbocycles. The smallest absolute Gasteiger partial charge is 0.153 e. The van der Waals surface area contributed by atoms with Crippen LogP contribution in [0.2, 0.25) is 0 Å². The van der Waals surface area contributed by atoms with Crippen molar-refractivity contribution in [2.75, 3.05) is 17.4 Å². The first-order valence-electron chi connectivity index (χ1n) is 5.89. The Bertz CT molecular complexity index is 449. The zero-order valence-corrected chi connectivity index (χ0v) is 11.6. The predicted molar refractivity (Wildman–Crippen MR) is 79.2 cm³/mol. The van der Waals surface area contributed by atoms with Crippen LogP contribution >= 0.6 is 0 Å². The van der Waals surface area contributed by atoms with Gasteiger partial charge in [-0.2, -0.15) is 0 Å². The highest BCUT2D eigenvalue weighted by Gasteiger charge is 2.16. The van der Waals surface area contributed by atoms with Crippen LogP contribution in [0.1, 0.15) is 26.6 Å². The lowest BCUT2D eigenvalue weighted by Gasteiger charge is -2.26.